The van der Waals surface area contributed by atoms with Gasteiger partial charge in [0.2, 0.25) is 0 Å². The number of aromatic nitrogens is 1. The maximum Gasteiger partial charge on any atom is 0.325 e. The number of urea groups is 1. The summed E-state index contributed by atoms with van der Waals surface area (Å²) >= 11 is 0. The Morgan fingerprint density at radius 1 is 1.32 bits per heavy atom. The number of carbonyl (C=O) groups is 2. The molecule has 0 unspecified atom stereocenters. The molecule has 3 amide bonds. The van der Waals surface area contributed by atoms with Gasteiger partial charge in [-0.15, -0.1) is 0 Å². The van der Waals surface area contributed by atoms with Crippen LogP contribution in [0.4, 0.5) is 4.79 Å². The molecule has 2 aliphatic heterocycles. The highest BCUT2D eigenvalue weighted by atomic mass is 16.2. The Labute approximate surface area is 130 Å². The number of likely N-dealkylation sites (tertiary alicyclic amines) is 1. The Bertz CT molecular complexity index is 575. The van der Waals surface area contributed by atoms with Crippen molar-refractivity contribution in [3.05, 3.63) is 30.1 Å². The Hall–Kier alpha value is -1.95. The molecule has 0 aliphatic carbocycles. The molecule has 1 spiro atoms. The fourth-order valence-electron chi connectivity index (χ4n) is 3.30. The van der Waals surface area contributed by atoms with Crippen LogP contribution in [-0.4, -0.2) is 57.9 Å². The van der Waals surface area contributed by atoms with Crippen LogP contribution in [0.25, 0.3) is 0 Å². The molecule has 3 heterocycles. The molecule has 0 radical (unpaired) electrons. The second-order valence-corrected chi connectivity index (χ2v) is 6.41. The molecule has 2 aliphatic rings. The Balaban J connectivity index is 1.62. The standard InChI is InChI=1S/C16H22N4O2/c1-12(2)20-14(21)16(18-15(20)22)6-10-19(11-16)9-5-13-3-7-17-8-4-13/h3-4,7-8,12H,5-6,9-11H2,1-2H3,(H,18,22)/t16-/m0/s1. The third-order valence-corrected chi connectivity index (χ3v) is 4.52. The van der Waals surface area contributed by atoms with E-state index in [1.54, 1.807) is 12.4 Å². The maximum atomic E-state index is 12.6. The Morgan fingerprint density at radius 3 is 2.68 bits per heavy atom. The molecule has 1 N–H and O–H groups in total. The molecule has 0 saturated carbocycles. The largest absolute Gasteiger partial charge is 0.325 e. The second-order valence-electron chi connectivity index (χ2n) is 6.41. The van der Waals surface area contributed by atoms with E-state index in [0.29, 0.717) is 13.0 Å². The van der Waals surface area contributed by atoms with Crippen LogP contribution in [-0.2, 0) is 11.2 Å². The molecule has 6 heteroatoms. The van der Waals surface area contributed by atoms with Crippen LogP contribution in [0.15, 0.2) is 24.5 Å². The summed E-state index contributed by atoms with van der Waals surface area (Å²) in [6, 6.07) is 3.66. The number of rotatable bonds is 4. The average molecular weight is 302 g/mol. The van der Waals surface area contributed by atoms with Gasteiger partial charge in [-0.25, -0.2) is 4.79 Å². The van der Waals surface area contributed by atoms with Crippen molar-refractivity contribution in [1.82, 2.24) is 20.1 Å². The van der Waals surface area contributed by atoms with Gasteiger partial charge in [0.05, 0.1) is 0 Å². The zero-order chi connectivity index (χ0) is 15.7. The van der Waals surface area contributed by atoms with E-state index in [1.165, 1.54) is 10.5 Å². The second kappa shape index (κ2) is 5.68. The van der Waals surface area contributed by atoms with Crippen LogP contribution in [0.3, 0.4) is 0 Å². The van der Waals surface area contributed by atoms with Gasteiger partial charge in [0.25, 0.3) is 5.91 Å². The molecule has 0 bridgehead atoms. The van der Waals surface area contributed by atoms with Crippen molar-refractivity contribution in [3.8, 4) is 0 Å². The molecule has 0 aromatic carbocycles. The fourth-order valence-corrected chi connectivity index (χ4v) is 3.30. The lowest BCUT2D eigenvalue weighted by atomic mass is 9.98. The lowest BCUT2D eigenvalue weighted by Gasteiger charge is -2.23. The molecule has 3 rings (SSSR count). The predicted molar refractivity (Wildman–Crippen MR) is 82.2 cm³/mol. The number of hydrogen-bond donors (Lipinski definition) is 1. The summed E-state index contributed by atoms with van der Waals surface area (Å²) in [6.07, 6.45) is 5.20. The highest BCUT2D eigenvalue weighted by Crippen LogP contribution is 2.29. The number of amides is 3. The van der Waals surface area contributed by atoms with E-state index in [0.717, 1.165) is 19.5 Å². The summed E-state index contributed by atoms with van der Waals surface area (Å²) in [5.74, 6) is -0.0705. The smallest absolute Gasteiger partial charge is 0.322 e. The van der Waals surface area contributed by atoms with E-state index in [1.807, 2.05) is 26.0 Å². The highest BCUT2D eigenvalue weighted by molar-refractivity contribution is 6.07. The summed E-state index contributed by atoms with van der Waals surface area (Å²) in [5, 5.41) is 2.92. The minimum atomic E-state index is -0.709. The fraction of sp³-hybridized carbons (Fsp3) is 0.562. The van der Waals surface area contributed by atoms with E-state index in [4.69, 9.17) is 0 Å². The summed E-state index contributed by atoms with van der Waals surface area (Å²) in [7, 11) is 0. The number of carbonyl (C=O) groups excluding carboxylic acids is 2. The van der Waals surface area contributed by atoms with Crippen LogP contribution in [0.1, 0.15) is 25.8 Å². The minimum absolute atomic E-state index is 0.0705. The van der Waals surface area contributed by atoms with E-state index >= 15 is 0 Å². The lowest BCUT2D eigenvalue weighted by Crippen LogP contribution is -2.49. The van der Waals surface area contributed by atoms with E-state index in [9.17, 15) is 9.59 Å². The first-order valence-electron chi connectivity index (χ1n) is 7.79. The minimum Gasteiger partial charge on any atom is -0.322 e. The lowest BCUT2D eigenvalue weighted by molar-refractivity contribution is -0.132. The molecular weight excluding hydrogens is 280 g/mol. The summed E-state index contributed by atoms with van der Waals surface area (Å²) < 4.78 is 0. The molecule has 1 aromatic heterocycles. The Morgan fingerprint density at radius 2 is 2.05 bits per heavy atom. The van der Waals surface area contributed by atoms with Crippen molar-refractivity contribution in [1.29, 1.82) is 0 Å². The van der Waals surface area contributed by atoms with Gasteiger partial charge in [-0.2, -0.15) is 0 Å². The summed E-state index contributed by atoms with van der Waals surface area (Å²) in [4.78, 5) is 32.3. The third-order valence-electron chi connectivity index (χ3n) is 4.52. The van der Waals surface area contributed by atoms with E-state index in [-0.39, 0.29) is 18.0 Å². The molecule has 2 saturated heterocycles. The van der Waals surface area contributed by atoms with Crippen molar-refractivity contribution in [2.45, 2.75) is 38.3 Å². The average Bonchev–Trinajstić information content (AvgIpc) is 3.00. The van der Waals surface area contributed by atoms with Crippen molar-refractivity contribution in [2.75, 3.05) is 19.6 Å². The number of nitrogens with zero attached hydrogens (tertiary/aromatic N) is 3. The van der Waals surface area contributed by atoms with E-state index < -0.39 is 5.54 Å². The van der Waals surface area contributed by atoms with Gasteiger partial charge in [0.15, 0.2) is 0 Å². The molecule has 1 aromatic rings. The van der Waals surface area contributed by atoms with Gasteiger partial charge >= 0.3 is 6.03 Å². The SMILES string of the molecule is CC(C)N1C(=O)N[C@]2(CCN(CCc3ccncc3)C2)C1=O. The molecule has 6 nitrogen and oxygen atoms in total. The summed E-state index contributed by atoms with van der Waals surface area (Å²) in [5.41, 5.74) is 0.529. The molecule has 22 heavy (non-hydrogen) atoms. The maximum absolute atomic E-state index is 12.6. The quantitative estimate of drug-likeness (QED) is 0.844. The van der Waals surface area contributed by atoms with Crippen molar-refractivity contribution in [3.63, 3.8) is 0 Å². The van der Waals surface area contributed by atoms with E-state index in [2.05, 4.69) is 15.2 Å². The molecule has 118 valence electrons. The topological polar surface area (TPSA) is 65.5 Å². The molecule has 1 atom stereocenters. The zero-order valence-corrected chi connectivity index (χ0v) is 13.1. The predicted octanol–water partition coefficient (Wildman–Crippen LogP) is 1.03. The van der Waals surface area contributed by atoms with Gasteiger partial charge in [0.1, 0.15) is 5.54 Å². The first kappa shape index (κ1) is 15.0. The van der Waals surface area contributed by atoms with Gasteiger partial charge < -0.3 is 10.2 Å². The number of pyridine rings is 1. The Kier molecular flexibility index (Phi) is 3.87. The summed E-state index contributed by atoms with van der Waals surface area (Å²) in [6.45, 7) is 6.06. The highest BCUT2D eigenvalue weighted by Gasteiger charge is 2.54. The van der Waals surface area contributed by atoms with Crippen molar-refractivity contribution < 1.29 is 9.59 Å². The third kappa shape index (κ3) is 2.59. The van der Waals surface area contributed by atoms with Gasteiger partial charge in [-0.05, 0) is 44.4 Å². The normalized spacial score (nSPS) is 25.5. The monoisotopic (exact) mass is 302 g/mol. The van der Waals surface area contributed by atoms with Crippen LogP contribution < -0.4 is 5.32 Å². The first-order chi connectivity index (χ1) is 10.5. The van der Waals surface area contributed by atoms with Crippen LogP contribution in [0.5, 0.6) is 0 Å². The number of hydrogen-bond acceptors (Lipinski definition) is 4. The van der Waals surface area contributed by atoms with Gasteiger partial charge in [-0.3, -0.25) is 14.7 Å². The zero-order valence-electron chi connectivity index (χ0n) is 13.1. The van der Waals surface area contributed by atoms with Gasteiger partial charge in [-0.1, -0.05) is 0 Å². The van der Waals surface area contributed by atoms with Crippen molar-refractivity contribution >= 4 is 11.9 Å². The van der Waals surface area contributed by atoms with Gasteiger partial charge in [0, 0.05) is 38.1 Å². The number of imide groups is 1. The van der Waals surface area contributed by atoms with Crippen LogP contribution in [0, 0.1) is 0 Å². The van der Waals surface area contributed by atoms with Crippen LogP contribution in [0.2, 0.25) is 0 Å². The molecular formula is C16H22N4O2. The number of nitrogens with one attached hydrogen (secondary N) is 1. The molecule has 2 fully saturated rings. The van der Waals surface area contributed by atoms with Crippen LogP contribution >= 0.6 is 0 Å². The first-order valence-corrected chi connectivity index (χ1v) is 7.79. The van der Waals surface area contributed by atoms with Crippen molar-refractivity contribution in [2.24, 2.45) is 0 Å².